The number of carbonyl (C=O) groups is 5. The van der Waals surface area contributed by atoms with Gasteiger partial charge in [-0.3, -0.25) is 19.2 Å². The molecule has 0 radical (unpaired) electrons. The van der Waals surface area contributed by atoms with Crippen LogP contribution < -0.4 is 21.3 Å². The lowest BCUT2D eigenvalue weighted by Crippen LogP contribution is -2.62. The van der Waals surface area contributed by atoms with Crippen LogP contribution in [0.2, 0.25) is 0 Å². The van der Waals surface area contributed by atoms with Crippen molar-refractivity contribution in [3.8, 4) is 0 Å². The summed E-state index contributed by atoms with van der Waals surface area (Å²) in [5.41, 5.74) is 0.408. The fourth-order valence-corrected chi connectivity index (χ4v) is 6.71. The van der Waals surface area contributed by atoms with Crippen molar-refractivity contribution >= 4 is 35.2 Å². The Morgan fingerprint density at radius 3 is 2.27 bits per heavy atom. The van der Waals surface area contributed by atoms with E-state index < -0.39 is 59.1 Å². The number of likely N-dealkylation sites (tertiary alicyclic amines) is 1. The molecule has 12 heteroatoms. The number of Topliss-reactive ketones (excluding diaryl/α,β-unsaturated/α-hetero) is 1. The van der Waals surface area contributed by atoms with Gasteiger partial charge in [0.2, 0.25) is 17.6 Å². The molecule has 3 rings (SSSR count). The van der Waals surface area contributed by atoms with E-state index in [1.165, 1.54) is 13.2 Å². The van der Waals surface area contributed by atoms with Gasteiger partial charge in [0, 0.05) is 18.7 Å². The standard InChI is InChI=1S/C36H54N6O6/c1-11-16-24(29(43)32(45)37-19-12-2)38-31(44)28-25-23(36(25,8)9)20-42(28)33(46)30(35(5,6)7)40-34(47)39-26(21(3)4)27(41-48-10)22-17-14-13-15-18-22/h12-15,17-18,21,23-26,28,30H,2,11,16,19-20H2,1,3-10H3,(H,37,45)(H,38,44)(H2,39,40,47)/b41-27+/t23-,24?,25-,26-,28-,30+/m0/s1. The molecule has 0 bridgehead atoms. The molecule has 1 heterocycles. The number of nitrogens with one attached hydrogen (secondary N) is 4. The zero-order valence-corrected chi connectivity index (χ0v) is 29.9. The maximum Gasteiger partial charge on any atom is 0.316 e. The van der Waals surface area contributed by atoms with Crippen molar-refractivity contribution in [3.63, 3.8) is 0 Å². The normalized spacial score (nSPS) is 21.7. The van der Waals surface area contributed by atoms with Gasteiger partial charge < -0.3 is 31.0 Å². The number of nitrogens with zero attached hydrogens (tertiary/aromatic N) is 2. The Balaban J connectivity index is 1.86. The Morgan fingerprint density at radius 2 is 1.73 bits per heavy atom. The molecular weight excluding hydrogens is 612 g/mol. The minimum Gasteiger partial charge on any atom is -0.399 e. The highest BCUT2D eigenvalue weighted by Crippen LogP contribution is 2.65. The predicted octanol–water partition coefficient (Wildman–Crippen LogP) is 3.41. The van der Waals surface area contributed by atoms with Gasteiger partial charge in [-0.2, -0.15) is 0 Å². The summed E-state index contributed by atoms with van der Waals surface area (Å²) in [6.07, 6.45) is 2.29. The molecule has 1 unspecified atom stereocenters. The van der Waals surface area contributed by atoms with E-state index in [1.54, 1.807) is 4.90 Å². The first kappa shape index (κ1) is 38.2. The van der Waals surface area contributed by atoms with Gasteiger partial charge in [-0.05, 0) is 35.0 Å². The van der Waals surface area contributed by atoms with Crippen LogP contribution >= 0.6 is 0 Å². The van der Waals surface area contributed by atoms with E-state index in [0.29, 0.717) is 18.7 Å². The highest BCUT2D eigenvalue weighted by atomic mass is 16.6. The number of benzene rings is 1. The lowest BCUT2D eigenvalue weighted by Gasteiger charge is -2.38. The van der Waals surface area contributed by atoms with Crippen LogP contribution in [-0.4, -0.2) is 84.5 Å². The number of ketones is 1. The van der Waals surface area contributed by atoms with Gasteiger partial charge in [-0.15, -0.1) is 6.58 Å². The van der Waals surface area contributed by atoms with Crippen molar-refractivity contribution in [3.05, 3.63) is 48.6 Å². The molecule has 1 aliphatic heterocycles. The van der Waals surface area contributed by atoms with Gasteiger partial charge in [0.15, 0.2) is 0 Å². The maximum atomic E-state index is 14.4. The number of hydrogen-bond donors (Lipinski definition) is 4. The molecule has 2 aliphatic rings. The molecule has 1 aliphatic carbocycles. The summed E-state index contributed by atoms with van der Waals surface area (Å²) < 4.78 is 0. The molecule has 1 aromatic rings. The third-order valence-corrected chi connectivity index (χ3v) is 9.50. The Morgan fingerprint density at radius 1 is 1.08 bits per heavy atom. The quantitative estimate of drug-likeness (QED) is 0.0973. The molecule has 0 spiro atoms. The largest absolute Gasteiger partial charge is 0.399 e. The number of hydrogen-bond acceptors (Lipinski definition) is 7. The highest BCUT2D eigenvalue weighted by molar-refractivity contribution is 6.38. The summed E-state index contributed by atoms with van der Waals surface area (Å²) >= 11 is 0. The van der Waals surface area contributed by atoms with Gasteiger partial charge in [0.1, 0.15) is 24.9 Å². The minimum atomic E-state index is -1.03. The van der Waals surface area contributed by atoms with E-state index in [9.17, 15) is 24.0 Å². The molecule has 4 N–H and O–H groups in total. The summed E-state index contributed by atoms with van der Waals surface area (Å²) in [6.45, 7) is 19.5. The van der Waals surface area contributed by atoms with Crippen molar-refractivity contribution in [2.75, 3.05) is 20.2 Å². The molecule has 1 saturated carbocycles. The van der Waals surface area contributed by atoms with Crippen LogP contribution in [0, 0.1) is 28.6 Å². The average molecular weight is 667 g/mol. The second-order valence-corrected chi connectivity index (χ2v) is 14.8. The van der Waals surface area contributed by atoms with Crippen LogP contribution in [0.15, 0.2) is 48.1 Å². The van der Waals surface area contributed by atoms with Crippen molar-refractivity contribution in [2.24, 2.45) is 33.7 Å². The number of rotatable bonds is 15. The molecular formula is C36H54N6O6. The monoisotopic (exact) mass is 666 g/mol. The Hall–Kier alpha value is -4.22. The van der Waals surface area contributed by atoms with Gasteiger partial charge in [0.05, 0.1) is 12.1 Å². The second kappa shape index (κ2) is 15.8. The number of amides is 5. The summed E-state index contributed by atoms with van der Waals surface area (Å²) in [4.78, 5) is 74.1. The fraction of sp³-hybridized carbons (Fsp3) is 0.611. The van der Waals surface area contributed by atoms with Gasteiger partial charge >= 0.3 is 6.03 Å². The molecule has 2 fully saturated rings. The average Bonchev–Trinajstić information content (AvgIpc) is 3.34. The molecule has 6 atom stereocenters. The zero-order chi connectivity index (χ0) is 36.0. The van der Waals surface area contributed by atoms with Crippen molar-refractivity contribution in [2.45, 2.75) is 92.4 Å². The Bertz CT molecular complexity index is 1380. The van der Waals surface area contributed by atoms with E-state index >= 15 is 0 Å². The smallest absolute Gasteiger partial charge is 0.316 e. The molecule has 12 nitrogen and oxygen atoms in total. The van der Waals surface area contributed by atoms with E-state index in [-0.39, 0.29) is 36.1 Å². The predicted molar refractivity (Wildman–Crippen MR) is 185 cm³/mol. The first-order valence-electron chi connectivity index (χ1n) is 16.8. The van der Waals surface area contributed by atoms with Crippen LogP contribution in [0.5, 0.6) is 0 Å². The van der Waals surface area contributed by atoms with Gasteiger partial charge in [0.25, 0.3) is 5.91 Å². The summed E-state index contributed by atoms with van der Waals surface area (Å²) in [5, 5.41) is 15.4. The van der Waals surface area contributed by atoms with E-state index in [1.807, 2.05) is 71.9 Å². The van der Waals surface area contributed by atoms with Crippen molar-refractivity contribution in [1.29, 1.82) is 0 Å². The van der Waals surface area contributed by atoms with Crippen LogP contribution in [0.3, 0.4) is 0 Å². The number of piperidine rings is 1. The first-order valence-corrected chi connectivity index (χ1v) is 16.8. The van der Waals surface area contributed by atoms with Crippen molar-refractivity contribution < 1.29 is 28.8 Å². The van der Waals surface area contributed by atoms with Gasteiger partial charge in [-0.1, -0.05) is 103 Å². The lowest BCUT2D eigenvalue weighted by molar-refractivity contribution is -0.145. The molecule has 5 amide bonds. The topological polar surface area (TPSA) is 158 Å². The number of carbonyl (C=O) groups excluding carboxylic acids is 5. The SMILES string of the molecule is C=CCNC(=O)C(=O)C(CCC)NC(=O)[C@@H]1[C@@H]2[C@H](CN1C(=O)[C@@H](NC(=O)N[C@H](/C(=N/OC)c1ccccc1)C(C)C)C(C)(C)C)C2(C)C. The van der Waals surface area contributed by atoms with E-state index in [4.69, 9.17) is 4.84 Å². The van der Waals surface area contributed by atoms with Crippen LogP contribution in [-0.2, 0) is 24.0 Å². The lowest BCUT2D eigenvalue weighted by atomic mass is 9.85. The van der Waals surface area contributed by atoms with Gasteiger partial charge in [-0.25, -0.2) is 4.79 Å². The third kappa shape index (κ3) is 8.62. The van der Waals surface area contributed by atoms with Crippen LogP contribution in [0.4, 0.5) is 4.79 Å². The number of oxime groups is 1. The van der Waals surface area contributed by atoms with Crippen LogP contribution in [0.1, 0.15) is 73.8 Å². The maximum absolute atomic E-state index is 14.4. The number of urea groups is 1. The highest BCUT2D eigenvalue weighted by Gasteiger charge is 2.70. The number of fused-ring (bicyclic) bond motifs is 1. The second-order valence-electron chi connectivity index (χ2n) is 14.8. The Labute approximate surface area is 284 Å². The minimum absolute atomic E-state index is 0.0758. The molecule has 1 aromatic carbocycles. The molecule has 1 saturated heterocycles. The summed E-state index contributed by atoms with van der Waals surface area (Å²) in [6, 6.07) is 5.40. The van der Waals surface area contributed by atoms with E-state index in [0.717, 1.165) is 5.56 Å². The first-order chi connectivity index (χ1) is 22.5. The summed E-state index contributed by atoms with van der Waals surface area (Å²) in [7, 11) is 1.45. The third-order valence-electron chi connectivity index (χ3n) is 9.50. The molecule has 48 heavy (non-hydrogen) atoms. The van der Waals surface area contributed by atoms with Crippen molar-refractivity contribution in [1.82, 2.24) is 26.2 Å². The summed E-state index contributed by atoms with van der Waals surface area (Å²) in [5.74, 6) is -2.55. The Kier molecular flexibility index (Phi) is 12.6. The zero-order valence-electron chi connectivity index (χ0n) is 29.9. The molecule has 264 valence electrons. The van der Waals surface area contributed by atoms with E-state index in [2.05, 4.69) is 46.8 Å². The fourth-order valence-electron chi connectivity index (χ4n) is 6.71. The van der Waals surface area contributed by atoms with Crippen LogP contribution in [0.25, 0.3) is 0 Å². The molecule has 0 aromatic heterocycles.